The molecule has 0 aromatic carbocycles. The van der Waals surface area contributed by atoms with Crippen LogP contribution in [0.4, 0.5) is 0 Å². The fourth-order valence-electron chi connectivity index (χ4n) is 2.63. The molecule has 3 atom stereocenters. The highest BCUT2D eigenvalue weighted by molar-refractivity contribution is 5.94. The van der Waals surface area contributed by atoms with Crippen molar-refractivity contribution in [2.75, 3.05) is 19.7 Å². The van der Waals surface area contributed by atoms with E-state index in [0.717, 1.165) is 19.4 Å². The first-order chi connectivity index (χ1) is 8.13. The maximum Gasteiger partial charge on any atom is 0.242 e. The summed E-state index contributed by atoms with van der Waals surface area (Å²) in [5.74, 6) is 0.327. The van der Waals surface area contributed by atoms with E-state index in [-0.39, 0.29) is 30.5 Å². The molecule has 2 rings (SSSR count). The lowest BCUT2D eigenvalue weighted by Crippen LogP contribution is -2.58. The van der Waals surface area contributed by atoms with Crippen LogP contribution in [0.15, 0.2) is 0 Å². The maximum atomic E-state index is 11.8. The summed E-state index contributed by atoms with van der Waals surface area (Å²) < 4.78 is 5.62. The van der Waals surface area contributed by atoms with Crippen molar-refractivity contribution in [3.05, 3.63) is 0 Å². The molecule has 0 aliphatic carbocycles. The summed E-state index contributed by atoms with van der Waals surface area (Å²) in [5.41, 5.74) is 0. The van der Waals surface area contributed by atoms with E-state index in [1.54, 1.807) is 11.8 Å². The Morgan fingerprint density at radius 1 is 1.47 bits per heavy atom. The Morgan fingerprint density at radius 3 is 2.94 bits per heavy atom. The smallest absolute Gasteiger partial charge is 0.242 e. The van der Waals surface area contributed by atoms with Gasteiger partial charge in [-0.25, -0.2) is 0 Å². The van der Waals surface area contributed by atoms with E-state index in [1.807, 2.05) is 0 Å². The highest BCUT2D eigenvalue weighted by atomic mass is 16.5. The highest BCUT2D eigenvalue weighted by Gasteiger charge is 2.36. The molecule has 5 heteroatoms. The largest absolute Gasteiger partial charge is 0.378 e. The Balaban J connectivity index is 2.00. The first-order valence-electron chi connectivity index (χ1n) is 6.32. The molecule has 2 heterocycles. The minimum atomic E-state index is -0.352. The third-order valence-corrected chi connectivity index (χ3v) is 3.76. The third-order valence-electron chi connectivity index (χ3n) is 3.76. The van der Waals surface area contributed by atoms with E-state index >= 15 is 0 Å². The van der Waals surface area contributed by atoms with E-state index in [2.05, 4.69) is 12.2 Å². The summed E-state index contributed by atoms with van der Waals surface area (Å²) in [7, 11) is 0. The highest BCUT2D eigenvalue weighted by Crippen LogP contribution is 2.25. The second-order valence-electron chi connectivity index (χ2n) is 4.81. The number of ether oxygens (including phenoxy) is 1. The molecule has 2 amide bonds. The predicted octanol–water partition coefficient (Wildman–Crippen LogP) is 0.148. The van der Waals surface area contributed by atoms with Crippen molar-refractivity contribution in [3.8, 4) is 0 Å². The van der Waals surface area contributed by atoms with Crippen LogP contribution in [-0.4, -0.2) is 48.6 Å². The van der Waals surface area contributed by atoms with Crippen molar-refractivity contribution < 1.29 is 14.3 Å². The number of nitrogens with zero attached hydrogens (tertiary/aromatic N) is 1. The molecule has 2 fully saturated rings. The van der Waals surface area contributed by atoms with E-state index in [4.69, 9.17) is 4.74 Å². The van der Waals surface area contributed by atoms with Crippen LogP contribution >= 0.6 is 0 Å². The third kappa shape index (κ3) is 2.44. The molecule has 96 valence electrons. The number of hydrogen-bond acceptors (Lipinski definition) is 3. The van der Waals surface area contributed by atoms with Crippen molar-refractivity contribution in [1.82, 2.24) is 10.2 Å². The van der Waals surface area contributed by atoms with Crippen LogP contribution in [0.5, 0.6) is 0 Å². The van der Waals surface area contributed by atoms with Crippen LogP contribution in [0.2, 0.25) is 0 Å². The predicted molar refractivity (Wildman–Crippen MR) is 62.3 cm³/mol. The van der Waals surface area contributed by atoms with E-state index < -0.39 is 0 Å². The summed E-state index contributed by atoms with van der Waals surface area (Å²) in [6.45, 7) is 5.42. The molecule has 1 N–H and O–H groups in total. The molecule has 0 spiro atoms. The minimum Gasteiger partial charge on any atom is -0.378 e. The van der Waals surface area contributed by atoms with Gasteiger partial charge in [0, 0.05) is 19.1 Å². The van der Waals surface area contributed by atoms with Gasteiger partial charge in [0.1, 0.15) is 6.04 Å². The fourth-order valence-corrected chi connectivity index (χ4v) is 2.63. The first-order valence-corrected chi connectivity index (χ1v) is 6.32. The molecule has 0 bridgehead atoms. The van der Waals surface area contributed by atoms with E-state index in [0.29, 0.717) is 12.5 Å². The SMILES string of the molecule is CCC1OCCC1CN1C(=O)CNC(=O)C1C. The Labute approximate surface area is 101 Å². The molecule has 0 aromatic rings. The monoisotopic (exact) mass is 240 g/mol. The average Bonchev–Trinajstić information content (AvgIpc) is 2.77. The van der Waals surface area contributed by atoms with Crippen LogP contribution in [0, 0.1) is 5.92 Å². The van der Waals surface area contributed by atoms with Gasteiger partial charge in [-0.1, -0.05) is 6.92 Å². The zero-order chi connectivity index (χ0) is 12.4. The van der Waals surface area contributed by atoms with Gasteiger partial charge in [-0.15, -0.1) is 0 Å². The standard InChI is InChI=1S/C12H20N2O3/c1-3-10-9(4-5-17-10)7-14-8(2)12(16)13-6-11(14)15/h8-10H,3-7H2,1-2H3,(H,13,16). The van der Waals surface area contributed by atoms with Gasteiger partial charge in [-0.05, 0) is 19.8 Å². The van der Waals surface area contributed by atoms with Crippen LogP contribution in [0.1, 0.15) is 26.7 Å². The second-order valence-corrected chi connectivity index (χ2v) is 4.81. The number of carbonyl (C=O) groups excluding carboxylic acids is 2. The zero-order valence-electron chi connectivity index (χ0n) is 10.4. The van der Waals surface area contributed by atoms with Gasteiger partial charge in [0.05, 0.1) is 12.6 Å². The Morgan fingerprint density at radius 2 is 2.24 bits per heavy atom. The van der Waals surface area contributed by atoms with Gasteiger partial charge in [-0.3, -0.25) is 9.59 Å². The molecule has 5 nitrogen and oxygen atoms in total. The van der Waals surface area contributed by atoms with Crippen molar-refractivity contribution >= 4 is 11.8 Å². The van der Waals surface area contributed by atoms with E-state index in [9.17, 15) is 9.59 Å². The summed E-state index contributed by atoms with van der Waals surface area (Å²) >= 11 is 0. The van der Waals surface area contributed by atoms with Gasteiger partial charge < -0.3 is 15.0 Å². The van der Waals surface area contributed by atoms with Gasteiger partial charge in [0.15, 0.2) is 0 Å². The summed E-state index contributed by atoms with van der Waals surface area (Å²) in [4.78, 5) is 25.0. The molecular weight excluding hydrogens is 220 g/mol. The second kappa shape index (κ2) is 5.04. The molecule has 0 saturated carbocycles. The topological polar surface area (TPSA) is 58.6 Å². The molecular formula is C12H20N2O3. The van der Waals surface area contributed by atoms with Gasteiger partial charge >= 0.3 is 0 Å². The lowest BCUT2D eigenvalue weighted by Gasteiger charge is -2.35. The average molecular weight is 240 g/mol. The number of hydrogen-bond donors (Lipinski definition) is 1. The van der Waals surface area contributed by atoms with Crippen LogP contribution in [-0.2, 0) is 14.3 Å². The molecule has 2 aliphatic rings. The van der Waals surface area contributed by atoms with Crippen LogP contribution in [0.3, 0.4) is 0 Å². The first kappa shape index (κ1) is 12.4. The molecule has 3 unspecified atom stereocenters. The number of carbonyl (C=O) groups is 2. The Bertz CT molecular complexity index is 319. The molecule has 2 saturated heterocycles. The molecule has 17 heavy (non-hydrogen) atoms. The lowest BCUT2D eigenvalue weighted by atomic mass is 9.97. The van der Waals surface area contributed by atoms with Gasteiger partial charge in [0.25, 0.3) is 0 Å². The van der Waals surface area contributed by atoms with Crippen molar-refractivity contribution in [3.63, 3.8) is 0 Å². The Hall–Kier alpha value is -1.10. The molecule has 0 aromatic heterocycles. The summed E-state index contributed by atoms with van der Waals surface area (Å²) in [5, 5.41) is 2.60. The van der Waals surface area contributed by atoms with E-state index in [1.165, 1.54) is 0 Å². The normalized spacial score (nSPS) is 34.0. The number of amides is 2. The number of rotatable bonds is 3. The summed E-state index contributed by atoms with van der Waals surface area (Å²) in [6.07, 6.45) is 2.18. The quantitative estimate of drug-likeness (QED) is 0.764. The minimum absolute atomic E-state index is 0.0128. The lowest BCUT2D eigenvalue weighted by molar-refractivity contribution is -0.145. The zero-order valence-corrected chi connectivity index (χ0v) is 10.4. The van der Waals surface area contributed by atoms with Crippen molar-refractivity contribution in [2.45, 2.75) is 38.8 Å². The van der Waals surface area contributed by atoms with Crippen molar-refractivity contribution in [1.29, 1.82) is 0 Å². The van der Waals surface area contributed by atoms with Gasteiger partial charge in [-0.2, -0.15) is 0 Å². The number of piperazine rings is 1. The van der Waals surface area contributed by atoms with Crippen molar-refractivity contribution in [2.24, 2.45) is 5.92 Å². The van der Waals surface area contributed by atoms with Crippen LogP contribution < -0.4 is 5.32 Å². The molecule has 0 radical (unpaired) electrons. The number of nitrogens with one attached hydrogen (secondary N) is 1. The summed E-state index contributed by atoms with van der Waals surface area (Å²) in [6, 6.07) is -0.352. The Kier molecular flexibility index (Phi) is 3.66. The fraction of sp³-hybridized carbons (Fsp3) is 0.833. The van der Waals surface area contributed by atoms with Gasteiger partial charge in [0.2, 0.25) is 11.8 Å². The molecule has 2 aliphatic heterocycles. The maximum absolute atomic E-state index is 11.8. The van der Waals surface area contributed by atoms with Crippen LogP contribution in [0.25, 0.3) is 0 Å².